The number of nitro benzene ring substituents is 1. The number of hydrogen-bond acceptors (Lipinski definition) is 4. The molecule has 0 amide bonds. The Bertz CT molecular complexity index is 462. The van der Waals surface area contributed by atoms with Gasteiger partial charge in [0.1, 0.15) is 4.47 Å². The number of halogens is 1. The molecule has 1 aliphatic rings. The average molecular weight is 343 g/mol. The van der Waals surface area contributed by atoms with Gasteiger partial charge in [-0.05, 0) is 59.8 Å². The Morgan fingerprint density at radius 1 is 1.50 bits per heavy atom. The van der Waals surface area contributed by atoms with Crippen LogP contribution in [0.25, 0.3) is 0 Å². The van der Waals surface area contributed by atoms with Crippen molar-refractivity contribution in [2.75, 3.05) is 19.7 Å². The minimum absolute atomic E-state index is 0.0857. The van der Waals surface area contributed by atoms with Gasteiger partial charge >= 0.3 is 0 Å². The summed E-state index contributed by atoms with van der Waals surface area (Å²) in [5.74, 6) is 0.692. The minimum Gasteiger partial charge on any atom is -0.377 e. The van der Waals surface area contributed by atoms with Crippen LogP contribution in [0.5, 0.6) is 0 Å². The van der Waals surface area contributed by atoms with E-state index in [1.54, 1.807) is 6.07 Å². The smallest absolute Gasteiger partial charge is 0.283 e. The number of nitrogens with one attached hydrogen (secondary N) is 1. The Balaban J connectivity index is 1.79. The van der Waals surface area contributed by atoms with E-state index >= 15 is 0 Å². The summed E-state index contributed by atoms with van der Waals surface area (Å²) >= 11 is 3.28. The lowest BCUT2D eigenvalue weighted by Crippen LogP contribution is -2.30. The molecule has 0 bridgehead atoms. The molecule has 1 unspecified atom stereocenters. The normalized spacial score (nSPS) is 18.9. The van der Waals surface area contributed by atoms with Gasteiger partial charge in [-0.25, -0.2) is 0 Å². The van der Waals surface area contributed by atoms with Crippen LogP contribution in [0.4, 0.5) is 5.69 Å². The first kappa shape index (κ1) is 15.4. The Morgan fingerprint density at radius 3 is 3.05 bits per heavy atom. The monoisotopic (exact) mass is 342 g/mol. The van der Waals surface area contributed by atoms with Crippen molar-refractivity contribution < 1.29 is 9.66 Å². The van der Waals surface area contributed by atoms with Crippen molar-refractivity contribution >= 4 is 21.6 Å². The molecule has 1 aromatic carbocycles. The van der Waals surface area contributed by atoms with Gasteiger partial charge in [0.2, 0.25) is 0 Å². The maximum absolute atomic E-state index is 10.8. The van der Waals surface area contributed by atoms with Crippen LogP contribution in [0.2, 0.25) is 0 Å². The Hall–Kier alpha value is -0.980. The topological polar surface area (TPSA) is 64.4 Å². The first-order valence-electron chi connectivity index (χ1n) is 6.88. The fourth-order valence-corrected chi connectivity index (χ4v) is 2.94. The molecule has 110 valence electrons. The van der Waals surface area contributed by atoms with E-state index in [0.29, 0.717) is 23.6 Å². The summed E-state index contributed by atoms with van der Waals surface area (Å²) < 4.78 is 6.18. The standard InChI is InChI=1S/C14H19BrN2O3/c15-14-12(4-1-5-13(14)17(18)19)10-20-8-6-11-3-2-7-16-9-11/h1,4-5,11,16H,2-3,6-10H2. The highest BCUT2D eigenvalue weighted by Gasteiger charge is 2.15. The number of piperidine rings is 1. The van der Waals surface area contributed by atoms with Crippen LogP contribution < -0.4 is 5.32 Å². The van der Waals surface area contributed by atoms with Crippen molar-refractivity contribution in [1.29, 1.82) is 0 Å². The van der Waals surface area contributed by atoms with E-state index in [2.05, 4.69) is 21.2 Å². The molecule has 1 N–H and O–H groups in total. The van der Waals surface area contributed by atoms with E-state index in [-0.39, 0.29) is 10.6 Å². The molecule has 1 saturated heterocycles. The molecular weight excluding hydrogens is 324 g/mol. The third-order valence-corrected chi connectivity index (χ3v) is 4.50. The molecule has 5 nitrogen and oxygen atoms in total. The summed E-state index contributed by atoms with van der Waals surface area (Å²) in [6.07, 6.45) is 3.54. The van der Waals surface area contributed by atoms with Crippen LogP contribution in [0, 0.1) is 16.0 Å². The molecule has 1 aromatic rings. The third-order valence-electron chi connectivity index (χ3n) is 3.58. The van der Waals surface area contributed by atoms with E-state index in [0.717, 1.165) is 25.1 Å². The van der Waals surface area contributed by atoms with Gasteiger partial charge in [0.15, 0.2) is 0 Å². The highest BCUT2D eigenvalue weighted by molar-refractivity contribution is 9.10. The van der Waals surface area contributed by atoms with Gasteiger partial charge in [0, 0.05) is 12.7 Å². The van der Waals surface area contributed by atoms with Crippen molar-refractivity contribution in [3.8, 4) is 0 Å². The molecule has 6 heteroatoms. The number of benzene rings is 1. The molecule has 0 saturated carbocycles. The molecule has 1 fully saturated rings. The third kappa shape index (κ3) is 4.26. The molecule has 0 radical (unpaired) electrons. The Labute approximate surface area is 127 Å². The molecule has 1 heterocycles. The van der Waals surface area contributed by atoms with Crippen LogP contribution in [0.3, 0.4) is 0 Å². The largest absolute Gasteiger partial charge is 0.377 e. The maximum atomic E-state index is 10.8. The lowest BCUT2D eigenvalue weighted by molar-refractivity contribution is -0.385. The lowest BCUT2D eigenvalue weighted by atomic mass is 9.97. The first-order valence-corrected chi connectivity index (χ1v) is 7.68. The number of ether oxygens (including phenoxy) is 1. The fraction of sp³-hybridized carbons (Fsp3) is 0.571. The van der Waals surface area contributed by atoms with E-state index < -0.39 is 0 Å². The number of nitro groups is 1. The minimum atomic E-state index is -0.388. The second-order valence-corrected chi connectivity index (χ2v) is 5.85. The van der Waals surface area contributed by atoms with E-state index in [1.807, 2.05) is 6.07 Å². The summed E-state index contributed by atoms with van der Waals surface area (Å²) in [5, 5.41) is 14.2. The molecule has 1 atom stereocenters. The van der Waals surface area contributed by atoms with Crippen LogP contribution in [-0.2, 0) is 11.3 Å². The summed E-state index contributed by atoms with van der Waals surface area (Å²) in [6.45, 7) is 3.30. The van der Waals surface area contributed by atoms with Crippen LogP contribution in [0.1, 0.15) is 24.8 Å². The van der Waals surface area contributed by atoms with Crippen molar-refractivity contribution in [3.05, 3.63) is 38.3 Å². The summed E-state index contributed by atoms with van der Waals surface area (Å²) in [6, 6.07) is 5.02. The Kier molecular flexibility index (Phi) is 5.94. The lowest BCUT2D eigenvalue weighted by Gasteiger charge is -2.22. The van der Waals surface area contributed by atoms with Crippen LogP contribution in [0.15, 0.2) is 22.7 Å². The van der Waals surface area contributed by atoms with Gasteiger partial charge in [0.05, 0.1) is 11.5 Å². The predicted molar refractivity (Wildman–Crippen MR) is 80.7 cm³/mol. The molecule has 0 aromatic heterocycles. The highest BCUT2D eigenvalue weighted by atomic mass is 79.9. The van der Waals surface area contributed by atoms with Gasteiger partial charge in [-0.3, -0.25) is 10.1 Å². The van der Waals surface area contributed by atoms with E-state index in [9.17, 15) is 10.1 Å². The summed E-state index contributed by atoms with van der Waals surface area (Å²) in [5.41, 5.74) is 0.906. The van der Waals surface area contributed by atoms with Gasteiger partial charge in [-0.1, -0.05) is 12.1 Å². The quantitative estimate of drug-likeness (QED) is 0.489. The maximum Gasteiger partial charge on any atom is 0.283 e. The van der Waals surface area contributed by atoms with Gasteiger partial charge in [0.25, 0.3) is 5.69 Å². The number of nitrogens with zero attached hydrogens (tertiary/aromatic N) is 1. The molecule has 2 rings (SSSR count). The number of rotatable bonds is 6. The van der Waals surface area contributed by atoms with E-state index in [4.69, 9.17) is 4.74 Å². The number of hydrogen-bond donors (Lipinski definition) is 1. The summed E-state index contributed by atoms with van der Waals surface area (Å²) in [4.78, 5) is 10.5. The fourth-order valence-electron chi connectivity index (χ4n) is 2.42. The second-order valence-electron chi connectivity index (χ2n) is 5.06. The predicted octanol–water partition coefficient (Wildman–Crippen LogP) is 3.26. The molecule has 0 spiro atoms. The van der Waals surface area contributed by atoms with Gasteiger partial charge in [-0.2, -0.15) is 0 Å². The van der Waals surface area contributed by atoms with Crippen molar-refractivity contribution in [3.63, 3.8) is 0 Å². The van der Waals surface area contributed by atoms with Crippen molar-refractivity contribution in [1.82, 2.24) is 5.32 Å². The van der Waals surface area contributed by atoms with Gasteiger partial charge < -0.3 is 10.1 Å². The first-order chi connectivity index (χ1) is 9.68. The van der Waals surface area contributed by atoms with Gasteiger partial charge in [-0.15, -0.1) is 0 Å². The Morgan fingerprint density at radius 2 is 2.35 bits per heavy atom. The van der Waals surface area contributed by atoms with Crippen molar-refractivity contribution in [2.24, 2.45) is 5.92 Å². The van der Waals surface area contributed by atoms with Crippen molar-refractivity contribution in [2.45, 2.75) is 25.9 Å². The van der Waals surface area contributed by atoms with E-state index in [1.165, 1.54) is 18.9 Å². The zero-order valence-electron chi connectivity index (χ0n) is 11.3. The van der Waals surface area contributed by atoms with Crippen LogP contribution in [-0.4, -0.2) is 24.6 Å². The highest BCUT2D eigenvalue weighted by Crippen LogP contribution is 2.28. The van der Waals surface area contributed by atoms with Crippen LogP contribution >= 0.6 is 15.9 Å². The molecule has 20 heavy (non-hydrogen) atoms. The zero-order chi connectivity index (χ0) is 14.4. The average Bonchev–Trinajstić information content (AvgIpc) is 2.46. The molecule has 0 aliphatic carbocycles. The second kappa shape index (κ2) is 7.71. The molecular formula is C14H19BrN2O3. The zero-order valence-corrected chi connectivity index (χ0v) is 12.9. The SMILES string of the molecule is O=[N+]([O-])c1cccc(COCCC2CCCNC2)c1Br. The summed E-state index contributed by atoms with van der Waals surface area (Å²) in [7, 11) is 0. The molecule has 1 aliphatic heterocycles.